The second-order valence-corrected chi connectivity index (χ2v) is 7.04. The molecule has 1 aromatic rings. The Balaban J connectivity index is 1.69. The van der Waals surface area contributed by atoms with E-state index in [1.165, 1.54) is 23.1 Å². The fourth-order valence-electron chi connectivity index (χ4n) is 3.17. The number of urea groups is 1. The summed E-state index contributed by atoms with van der Waals surface area (Å²) in [7, 11) is 0. The van der Waals surface area contributed by atoms with E-state index in [1.807, 2.05) is 0 Å². The maximum Gasteiger partial charge on any atom is 0.321 e. The van der Waals surface area contributed by atoms with Crippen LogP contribution >= 0.6 is 0 Å². The number of amides is 2. The van der Waals surface area contributed by atoms with E-state index in [1.54, 1.807) is 6.92 Å². The van der Waals surface area contributed by atoms with E-state index in [-0.39, 0.29) is 18.4 Å². The summed E-state index contributed by atoms with van der Waals surface area (Å²) in [4.78, 5) is 25.3. The van der Waals surface area contributed by atoms with Gasteiger partial charge in [0.25, 0.3) is 0 Å². The van der Waals surface area contributed by atoms with Gasteiger partial charge in [-0.25, -0.2) is 9.18 Å². The zero-order valence-electron chi connectivity index (χ0n) is 14.7. The van der Waals surface area contributed by atoms with E-state index in [0.29, 0.717) is 44.7 Å². The Kier molecular flexibility index (Phi) is 5.31. The van der Waals surface area contributed by atoms with Gasteiger partial charge in [-0.15, -0.1) is 0 Å². The number of benzene rings is 1. The number of ether oxygens (including phenoxy) is 2. The molecule has 2 aliphatic heterocycles. The van der Waals surface area contributed by atoms with Crippen molar-refractivity contribution in [1.82, 2.24) is 4.90 Å². The third-order valence-electron chi connectivity index (χ3n) is 4.92. The highest BCUT2D eigenvalue weighted by atomic mass is 19.1. The third-order valence-corrected chi connectivity index (χ3v) is 4.92. The SMILES string of the molecule is CC1(C(=O)O)CCN(C(=O)Nc2ccc(F)cc2OC2CCOCC2)C1. The van der Waals surface area contributed by atoms with Crippen molar-refractivity contribution in [2.75, 3.05) is 31.6 Å². The quantitative estimate of drug-likeness (QED) is 0.855. The van der Waals surface area contributed by atoms with Crippen LogP contribution in [-0.2, 0) is 9.53 Å². The predicted molar refractivity (Wildman–Crippen MR) is 91.8 cm³/mol. The van der Waals surface area contributed by atoms with Crippen LogP contribution in [0.15, 0.2) is 18.2 Å². The fraction of sp³-hybridized carbons (Fsp3) is 0.556. The third kappa shape index (κ3) is 4.07. The molecule has 0 spiro atoms. The number of carboxylic acids is 1. The molecule has 1 unspecified atom stereocenters. The summed E-state index contributed by atoms with van der Waals surface area (Å²) in [5.74, 6) is -1.10. The number of nitrogens with one attached hydrogen (secondary N) is 1. The van der Waals surface area contributed by atoms with Crippen LogP contribution in [0.5, 0.6) is 5.75 Å². The van der Waals surface area contributed by atoms with Gasteiger partial charge in [0.1, 0.15) is 17.7 Å². The van der Waals surface area contributed by atoms with Gasteiger partial charge >= 0.3 is 12.0 Å². The predicted octanol–water partition coefficient (Wildman–Crippen LogP) is 2.71. The van der Waals surface area contributed by atoms with Crippen LogP contribution in [0.3, 0.4) is 0 Å². The minimum atomic E-state index is -0.943. The van der Waals surface area contributed by atoms with Crippen LogP contribution in [0, 0.1) is 11.2 Å². The van der Waals surface area contributed by atoms with Crippen LogP contribution in [0.4, 0.5) is 14.9 Å². The number of anilines is 1. The van der Waals surface area contributed by atoms with Gasteiger partial charge in [-0.05, 0) is 25.5 Å². The summed E-state index contributed by atoms with van der Waals surface area (Å²) >= 11 is 0. The van der Waals surface area contributed by atoms with Crippen molar-refractivity contribution in [3.05, 3.63) is 24.0 Å². The van der Waals surface area contributed by atoms with Crippen LogP contribution < -0.4 is 10.1 Å². The lowest BCUT2D eigenvalue weighted by Gasteiger charge is -2.25. The molecular weight excluding hydrogens is 343 g/mol. The molecule has 0 saturated carbocycles. The molecule has 8 heteroatoms. The molecule has 3 rings (SSSR count). The first-order chi connectivity index (χ1) is 12.4. The number of carbonyl (C=O) groups excluding carboxylic acids is 1. The monoisotopic (exact) mass is 366 g/mol. The van der Waals surface area contributed by atoms with Gasteiger partial charge in [-0.1, -0.05) is 0 Å². The Morgan fingerprint density at radius 2 is 2.12 bits per heavy atom. The molecule has 2 heterocycles. The summed E-state index contributed by atoms with van der Waals surface area (Å²) < 4.78 is 24.8. The number of nitrogens with zero attached hydrogens (tertiary/aromatic N) is 1. The number of halogens is 1. The van der Waals surface area contributed by atoms with Crippen LogP contribution in [0.1, 0.15) is 26.2 Å². The normalized spacial score (nSPS) is 23.7. The fourth-order valence-corrected chi connectivity index (χ4v) is 3.17. The first-order valence-electron chi connectivity index (χ1n) is 8.71. The van der Waals surface area contributed by atoms with Gasteiger partial charge in [0, 0.05) is 32.0 Å². The van der Waals surface area contributed by atoms with Gasteiger partial charge < -0.3 is 24.8 Å². The first-order valence-corrected chi connectivity index (χ1v) is 8.71. The number of carbonyl (C=O) groups is 2. The van der Waals surface area contributed by atoms with Crippen LogP contribution in [0.25, 0.3) is 0 Å². The van der Waals surface area contributed by atoms with Crippen molar-refractivity contribution in [3.63, 3.8) is 0 Å². The highest BCUT2D eigenvalue weighted by molar-refractivity contribution is 5.92. The lowest BCUT2D eigenvalue weighted by atomic mass is 9.90. The largest absolute Gasteiger partial charge is 0.488 e. The summed E-state index contributed by atoms with van der Waals surface area (Å²) in [6.45, 7) is 3.28. The minimum absolute atomic E-state index is 0.0942. The number of hydrogen-bond donors (Lipinski definition) is 2. The smallest absolute Gasteiger partial charge is 0.321 e. The van der Waals surface area contributed by atoms with Crippen molar-refractivity contribution in [2.45, 2.75) is 32.3 Å². The second-order valence-electron chi connectivity index (χ2n) is 7.04. The number of aliphatic carboxylic acids is 1. The Labute approximate surface area is 151 Å². The molecule has 0 radical (unpaired) electrons. The second kappa shape index (κ2) is 7.49. The molecule has 0 bridgehead atoms. The van der Waals surface area contributed by atoms with Gasteiger partial charge in [-0.3, -0.25) is 4.79 Å². The molecule has 2 fully saturated rings. The molecule has 2 amide bonds. The van der Waals surface area contributed by atoms with Crippen molar-refractivity contribution in [3.8, 4) is 5.75 Å². The molecule has 2 N–H and O–H groups in total. The molecule has 26 heavy (non-hydrogen) atoms. The first kappa shape index (κ1) is 18.4. The number of hydrogen-bond acceptors (Lipinski definition) is 4. The molecule has 1 aromatic carbocycles. The average molecular weight is 366 g/mol. The topological polar surface area (TPSA) is 88.1 Å². The zero-order valence-corrected chi connectivity index (χ0v) is 14.7. The van der Waals surface area contributed by atoms with E-state index in [0.717, 1.165) is 0 Å². The van der Waals surface area contributed by atoms with E-state index in [9.17, 15) is 19.1 Å². The number of likely N-dealkylation sites (tertiary alicyclic amines) is 1. The van der Waals surface area contributed by atoms with E-state index in [2.05, 4.69) is 5.32 Å². The molecule has 7 nitrogen and oxygen atoms in total. The highest BCUT2D eigenvalue weighted by Gasteiger charge is 2.42. The average Bonchev–Trinajstić information content (AvgIpc) is 3.02. The number of carboxylic acid groups (broad SMARTS) is 1. The van der Waals surface area contributed by atoms with Gasteiger partial charge in [0.15, 0.2) is 0 Å². The molecular formula is C18H23FN2O5. The van der Waals surface area contributed by atoms with Crippen LogP contribution in [-0.4, -0.2) is 54.4 Å². The summed E-state index contributed by atoms with van der Waals surface area (Å²) in [5.41, 5.74) is -0.575. The zero-order chi connectivity index (χ0) is 18.7. The Bertz CT molecular complexity index is 692. The standard InChI is InChI=1S/C18H23FN2O5/c1-18(16(22)23)6-7-21(11-18)17(24)20-14-3-2-12(19)10-15(14)26-13-4-8-25-9-5-13/h2-3,10,13H,4-9,11H2,1H3,(H,20,24)(H,22,23). The van der Waals surface area contributed by atoms with E-state index >= 15 is 0 Å². The van der Waals surface area contributed by atoms with Gasteiger partial charge in [0.2, 0.25) is 0 Å². The molecule has 0 aromatic heterocycles. The molecule has 1 atom stereocenters. The van der Waals surface area contributed by atoms with Gasteiger partial charge in [-0.2, -0.15) is 0 Å². The minimum Gasteiger partial charge on any atom is -0.488 e. The Morgan fingerprint density at radius 3 is 2.77 bits per heavy atom. The van der Waals surface area contributed by atoms with E-state index in [4.69, 9.17) is 9.47 Å². The maximum absolute atomic E-state index is 13.6. The molecule has 2 saturated heterocycles. The highest BCUT2D eigenvalue weighted by Crippen LogP contribution is 2.32. The van der Waals surface area contributed by atoms with Crippen molar-refractivity contribution in [1.29, 1.82) is 0 Å². The summed E-state index contributed by atoms with van der Waals surface area (Å²) in [6, 6.07) is 3.53. The van der Waals surface area contributed by atoms with Crippen molar-refractivity contribution in [2.24, 2.45) is 5.41 Å². The molecule has 2 aliphatic rings. The van der Waals surface area contributed by atoms with E-state index < -0.39 is 23.2 Å². The van der Waals surface area contributed by atoms with Crippen LogP contribution in [0.2, 0.25) is 0 Å². The number of rotatable bonds is 4. The molecule has 142 valence electrons. The Hall–Kier alpha value is -2.35. The Morgan fingerprint density at radius 1 is 1.38 bits per heavy atom. The lowest BCUT2D eigenvalue weighted by molar-refractivity contribution is -0.146. The molecule has 0 aliphatic carbocycles. The van der Waals surface area contributed by atoms with Gasteiger partial charge in [0.05, 0.1) is 24.3 Å². The lowest BCUT2D eigenvalue weighted by Crippen LogP contribution is -2.37. The summed E-state index contributed by atoms with van der Waals surface area (Å²) in [5, 5.41) is 12.0. The van der Waals surface area contributed by atoms with Crippen molar-refractivity contribution < 1.29 is 28.6 Å². The maximum atomic E-state index is 13.6. The summed E-state index contributed by atoms with van der Waals surface area (Å²) in [6.07, 6.45) is 1.70. The van der Waals surface area contributed by atoms with Crippen molar-refractivity contribution >= 4 is 17.7 Å².